The van der Waals surface area contributed by atoms with E-state index >= 15 is 0 Å². The molecule has 0 aliphatic carbocycles. The number of amides is 1. The number of pyridine rings is 1. The Kier molecular flexibility index (Phi) is 4.70. The van der Waals surface area contributed by atoms with E-state index in [9.17, 15) is 4.79 Å². The van der Waals surface area contributed by atoms with Gasteiger partial charge < -0.3 is 21.1 Å². The lowest BCUT2D eigenvalue weighted by Crippen LogP contribution is -2.41. The summed E-state index contributed by atoms with van der Waals surface area (Å²) in [5.41, 5.74) is 7.90. The van der Waals surface area contributed by atoms with Gasteiger partial charge in [0.2, 0.25) is 0 Å². The van der Waals surface area contributed by atoms with E-state index in [2.05, 4.69) is 15.6 Å². The van der Waals surface area contributed by atoms with E-state index in [0.717, 1.165) is 16.6 Å². The van der Waals surface area contributed by atoms with Crippen LogP contribution in [0.3, 0.4) is 0 Å². The number of rotatable bonds is 4. The highest BCUT2D eigenvalue weighted by atomic mass is 16.5. The van der Waals surface area contributed by atoms with Gasteiger partial charge in [0.15, 0.2) is 0 Å². The molecule has 0 aliphatic rings. The lowest BCUT2D eigenvalue weighted by molar-refractivity contribution is 0.142. The minimum absolute atomic E-state index is 0.248. The highest BCUT2D eigenvalue weighted by Crippen LogP contribution is 2.27. The van der Waals surface area contributed by atoms with E-state index < -0.39 is 6.09 Å². The summed E-state index contributed by atoms with van der Waals surface area (Å²) in [5.74, 6) is 0. The van der Waals surface area contributed by atoms with Crippen LogP contribution in [-0.2, 0) is 4.74 Å². The van der Waals surface area contributed by atoms with E-state index in [4.69, 9.17) is 10.5 Å². The fourth-order valence-electron chi connectivity index (χ4n) is 2.02. The highest BCUT2D eigenvalue weighted by molar-refractivity contribution is 5.96. The summed E-state index contributed by atoms with van der Waals surface area (Å²) < 4.78 is 5.12. The van der Waals surface area contributed by atoms with Crippen molar-refractivity contribution in [1.82, 2.24) is 10.3 Å². The van der Waals surface area contributed by atoms with Gasteiger partial charge in [0.25, 0.3) is 0 Å². The summed E-state index contributed by atoms with van der Waals surface area (Å²) >= 11 is 0. The third kappa shape index (κ3) is 4.25. The molecular formula is C16H22N4O2. The van der Waals surface area contributed by atoms with Gasteiger partial charge in [-0.05, 0) is 26.8 Å². The highest BCUT2D eigenvalue weighted by Gasteiger charge is 2.14. The largest absolute Gasteiger partial charge is 0.448 e. The Hall–Kier alpha value is -2.50. The second-order valence-corrected chi connectivity index (χ2v) is 6.04. The van der Waals surface area contributed by atoms with Crippen molar-refractivity contribution in [3.05, 3.63) is 30.5 Å². The Balaban J connectivity index is 1.93. The number of anilines is 2. The number of carbonyl (C=O) groups is 1. The first-order valence-electron chi connectivity index (χ1n) is 7.19. The number of ether oxygens (including phenoxy) is 1. The van der Waals surface area contributed by atoms with E-state index in [1.807, 2.05) is 45.0 Å². The first-order valence-corrected chi connectivity index (χ1v) is 7.19. The molecule has 0 saturated heterocycles. The molecule has 0 unspecified atom stereocenters. The third-order valence-electron chi connectivity index (χ3n) is 2.92. The van der Waals surface area contributed by atoms with Crippen LogP contribution >= 0.6 is 0 Å². The molecule has 2 rings (SSSR count). The zero-order valence-electron chi connectivity index (χ0n) is 13.1. The molecule has 2 aromatic rings. The predicted molar refractivity (Wildman–Crippen MR) is 88.9 cm³/mol. The zero-order chi connectivity index (χ0) is 16.2. The van der Waals surface area contributed by atoms with Crippen LogP contribution in [0.25, 0.3) is 10.9 Å². The summed E-state index contributed by atoms with van der Waals surface area (Å²) in [4.78, 5) is 15.8. The van der Waals surface area contributed by atoms with Crippen LogP contribution < -0.4 is 16.4 Å². The molecule has 4 N–H and O–H groups in total. The number of fused-ring (bicyclic) bond motifs is 1. The van der Waals surface area contributed by atoms with Crippen molar-refractivity contribution in [2.24, 2.45) is 0 Å². The third-order valence-corrected chi connectivity index (χ3v) is 2.92. The summed E-state index contributed by atoms with van der Waals surface area (Å²) in [6.45, 7) is 6.41. The van der Waals surface area contributed by atoms with Crippen LogP contribution in [0.15, 0.2) is 30.5 Å². The van der Waals surface area contributed by atoms with Crippen molar-refractivity contribution in [2.45, 2.75) is 26.3 Å². The van der Waals surface area contributed by atoms with Gasteiger partial charge in [-0.1, -0.05) is 18.2 Å². The number of nitrogens with two attached hydrogens (primary N) is 1. The molecule has 0 aliphatic heterocycles. The second kappa shape index (κ2) is 6.51. The van der Waals surface area contributed by atoms with Gasteiger partial charge in [-0.15, -0.1) is 0 Å². The second-order valence-electron chi connectivity index (χ2n) is 6.04. The molecular weight excluding hydrogens is 280 g/mol. The molecule has 22 heavy (non-hydrogen) atoms. The molecule has 6 nitrogen and oxygen atoms in total. The minimum Gasteiger partial charge on any atom is -0.448 e. The fraction of sp³-hybridized carbons (Fsp3) is 0.375. The number of nitrogens with zero attached hydrogens (tertiary/aromatic N) is 1. The van der Waals surface area contributed by atoms with E-state index in [-0.39, 0.29) is 12.1 Å². The molecule has 0 atom stereocenters. The smallest absolute Gasteiger partial charge is 0.407 e. The molecule has 6 heteroatoms. The number of aromatic nitrogens is 1. The number of benzene rings is 1. The first kappa shape index (κ1) is 15.9. The lowest BCUT2D eigenvalue weighted by Gasteiger charge is -2.20. The summed E-state index contributed by atoms with van der Waals surface area (Å²) in [7, 11) is 0. The summed E-state index contributed by atoms with van der Waals surface area (Å²) in [5, 5.41) is 6.89. The molecule has 0 radical (unpaired) electrons. The fourth-order valence-corrected chi connectivity index (χ4v) is 2.02. The number of carbonyl (C=O) groups excluding carboxylic acids is 1. The average molecular weight is 302 g/mol. The van der Waals surface area contributed by atoms with Crippen molar-refractivity contribution < 1.29 is 9.53 Å². The Bertz CT molecular complexity index is 665. The molecule has 1 heterocycles. The van der Waals surface area contributed by atoms with Crippen molar-refractivity contribution >= 4 is 28.4 Å². The quantitative estimate of drug-likeness (QED) is 0.756. The van der Waals surface area contributed by atoms with Crippen LogP contribution in [0.2, 0.25) is 0 Å². The van der Waals surface area contributed by atoms with E-state index in [0.29, 0.717) is 12.2 Å². The maximum atomic E-state index is 11.6. The molecule has 1 aromatic carbocycles. The van der Waals surface area contributed by atoms with Gasteiger partial charge in [-0.3, -0.25) is 4.98 Å². The maximum Gasteiger partial charge on any atom is 0.407 e. The number of para-hydroxylation sites is 1. The molecule has 118 valence electrons. The van der Waals surface area contributed by atoms with Gasteiger partial charge in [0.1, 0.15) is 6.61 Å². The predicted octanol–water partition coefficient (Wildman–Crippen LogP) is 2.75. The Morgan fingerprint density at radius 1 is 1.32 bits per heavy atom. The molecule has 0 fully saturated rings. The van der Waals surface area contributed by atoms with Gasteiger partial charge in [-0.2, -0.15) is 0 Å². The number of alkyl carbamates (subject to hydrolysis) is 1. The van der Waals surface area contributed by atoms with Gasteiger partial charge in [0, 0.05) is 17.5 Å². The minimum atomic E-state index is -0.429. The van der Waals surface area contributed by atoms with Gasteiger partial charge in [0.05, 0.1) is 23.1 Å². The van der Waals surface area contributed by atoms with Crippen molar-refractivity contribution in [1.29, 1.82) is 0 Å². The maximum absolute atomic E-state index is 11.6. The van der Waals surface area contributed by atoms with Crippen LogP contribution in [0.5, 0.6) is 0 Å². The van der Waals surface area contributed by atoms with Crippen LogP contribution in [0.4, 0.5) is 16.2 Å². The Labute approximate surface area is 130 Å². The van der Waals surface area contributed by atoms with Crippen LogP contribution in [0, 0.1) is 0 Å². The zero-order valence-corrected chi connectivity index (χ0v) is 13.1. The Morgan fingerprint density at radius 2 is 2.05 bits per heavy atom. The van der Waals surface area contributed by atoms with Crippen molar-refractivity contribution in [3.63, 3.8) is 0 Å². The van der Waals surface area contributed by atoms with E-state index in [1.165, 1.54) is 0 Å². The molecule has 0 spiro atoms. The molecule has 0 saturated carbocycles. The van der Waals surface area contributed by atoms with Crippen molar-refractivity contribution in [3.8, 4) is 0 Å². The summed E-state index contributed by atoms with van der Waals surface area (Å²) in [6.07, 6.45) is 1.19. The van der Waals surface area contributed by atoms with Gasteiger partial charge in [-0.25, -0.2) is 4.79 Å². The van der Waals surface area contributed by atoms with Crippen LogP contribution in [-0.4, -0.2) is 29.8 Å². The number of nitrogens with one attached hydrogen (secondary N) is 2. The molecule has 0 bridgehead atoms. The van der Waals surface area contributed by atoms with E-state index in [1.54, 1.807) is 6.20 Å². The lowest BCUT2D eigenvalue weighted by atomic mass is 10.1. The van der Waals surface area contributed by atoms with Crippen LogP contribution in [0.1, 0.15) is 20.8 Å². The standard InChI is InChI=1S/C16H22N4O2/c1-16(2,3)20-15(21)22-9-8-18-14-11-6-4-5-7-13(11)19-10-12(14)17/h4-7,10H,8-9,17H2,1-3H3,(H,18,19)(H,20,21). The number of hydrogen-bond donors (Lipinski definition) is 3. The normalized spacial score (nSPS) is 11.2. The van der Waals surface area contributed by atoms with Crippen molar-refractivity contribution in [2.75, 3.05) is 24.2 Å². The molecule has 1 aromatic heterocycles. The van der Waals surface area contributed by atoms with Gasteiger partial charge >= 0.3 is 6.09 Å². The Morgan fingerprint density at radius 3 is 2.77 bits per heavy atom. The topological polar surface area (TPSA) is 89.3 Å². The number of hydrogen-bond acceptors (Lipinski definition) is 5. The monoisotopic (exact) mass is 302 g/mol. The SMILES string of the molecule is CC(C)(C)NC(=O)OCCNc1c(N)cnc2ccccc12. The molecule has 1 amide bonds. The number of nitrogen functional groups attached to an aromatic ring is 1. The summed E-state index contributed by atoms with van der Waals surface area (Å²) in [6, 6.07) is 7.73. The first-order chi connectivity index (χ1) is 10.4. The average Bonchev–Trinajstić information content (AvgIpc) is 2.43.